The Bertz CT molecular complexity index is 456. The monoisotopic (exact) mass is 274 g/mol. The number of benzene rings is 1. The maximum absolute atomic E-state index is 10.5. The number of aliphatic hydroxyl groups excluding tert-OH is 1. The fourth-order valence-electron chi connectivity index (χ4n) is 4.04. The van der Waals surface area contributed by atoms with E-state index in [4.69, 9.17) is 4.74 Å². The van der Waals surface area contributed by atoms with Crippen LogP contribution in [0.1, 0.15) is 70.0 Å². The molecule has 1 N–H and O–H groups in total. The third-order valence-electron chi connectivity index (χ3n) is 5.12. The Morgan fingerprint density at radius 2 is 2.10 bits per heavy atom. The molecule has 1 fully saturated rings. The standard InChI is InChI=1S/C18H26O2/c1-2-6-14-7-5-11-18(12-10-14)13-16(19)15-8-3-4-9-17(15)20-18/h3-4,8-9,14,16,19H,2,5-7,10-13H2,1H3/t14?,16-,18?/m0/s1. The molecule has 0 bridgehead atoms. The van der Waals surface area contributed by atoms with Crippen molar-refractivity contribution in [3.05, 3.63) is 29.8 Å². The second-order valence-corrected chi connectivity index (χ2v) is 6.63. The van der Waals surface area contributed by atoms with Crippen LogP contribution in [0.2, 0.25) is 0 Å². The maximum Gasteiger partial charge on any atom is 0.125 e. The Hall–Kier alpha value is -1.02. The second kappa shape index (κ2) is 5.77. The number of ether oxygens (including phenoxy) is 1. The van der Waals surface area contributed by atoms with Gasteiger partial charge in [0.05, 0.1) is 6.10 Å². The van der Waals surface area contributed by atoms with Gasteiger partial charge in [-0.25, -0.2) is 0 Å². The van der Waals surface area contributed by atoms with Gasteiger partial charge in [-0.2, -0.15) is 0 Å². The first-order chi connectivity index (χ1) is 9.72. The average molecular weight is 274 g/mol. The van der Waals surface area contributed by atoms with Crippen LogP contribution in [0, 0.1) is 5.92 Å². The summed E-state index contributed by atoms with van der Waals surface area (Å²) in [4.78, 5) is 0. The first kappa shape index (κ1) is 13.9. The van der Waals surface area contributed by atoms with Crippen molar-refractivity contribution in [3.63, 3.8) is 0 Å². The van der Waals surface area contributed by atoms with E-state index >= 15 is 0 Å². The van der Waals surface area contributed by atoms with E-state index in [0.717, 1.165) is 36.5 Å². The average Bonchev–Trinajstić information content (AvgIpc) is 2.63. The van der Waals surface area contributed by atoms with Crippen molar-refractivity contribution in [1.82, 2.24) is 0 Å². The van der Waals surface area contributed by atoms with E-state index in [1.54, 1.807) is 0 Å². The van der Waals surface area contributed by atoms with Gasteiger partial charge in [-0.1, -0.05) is 44.4 Å². The minimum Gasteiger partial charge on any atom is -0.487 e. The van der Waals surface area contributed by atoms with Crippen molar-refractivity contribution in [1.29, 1.82) is 0 Å². The van der Waals surface area contributed by atoms with Crippen LogP contribution in [-0.4, -0.2) is 10.7 Å². The Labute approximate surface area is 122 Å². The molecule has 1 heterocycles. The zero-order valence-corrected chi connectivity index (χ0v) is 12.5. The number of fused-ring (bicyclic) bond motifs is 1. The van der Waals surface area contributed by atoms with Gasteiger partial charge in [0.1, 0.15) is 11.4 Å². The fraction of sp³-hybridized carbons (Fsp3) is 0.667. The minimum atomic E-state index is -0.359. The molecule has 2 nitrogen and oxygen atoms in total. The van der Waals surface area contributed by atoms with Crippen LogP contribution in [0.4, 0.5) is 0 Å². The number of hydrogen-bond donors (Lipinski definition) is 1. The summed E-state index contributed by atoms with van der Waals surface area (Å²) < 4.78 is 6.38. The molecule has 1 spiro atoms. The largest absolute Gasteiger partial charge is 0.487 e. The van der Waals surface area contributed by atoms with E-state index in [1.165, 1.54) is 32.1 Å². The second-order valence-electron chi connectivity index (χ2n) is 6.63. The highest BCUT2D eigenvalue weighted by atomic mass is 16.5. The summed E-state index contributed by atoms with van der Waals surface area (Å²) >= 11 is 0. The summed E-state index contributed by atoms with van der Waals surface area (Å²) in [6.45, 7) is 2.28. The highest BCUT2D eigenvalue weighted by Gasteiger charge is 2.41. The quantitative estimate of drug-likeness (QED) is 0.852. The molecule has 1 aliphatic carbocycles. The molecule has 1 aromatic carbocycles. The maximum atomic E-state index is 10.5. The topological polar surface area (TPSA) is 29.5 Å². The van der Waals surface area contributed by atoms with Crippen LogP contribution in [0.5, 0.6) is 5.75 Å². The van der Waals surface area contributed by atoms with Crippen molar-refractivity contribution in [2.75, 3.05) is 0 Å². The van der Waals surface area contributed by atoms with Crippen LogP contribution in [-0.2, 0) is 0 Å². The molecule has 20 heavy (non-hydrogen) atoms. The van der Waals surface area contributed by atoms with E-state index in [9.17, 15) is 5.11 Å². The van der Waals surface area contributed by atoms with Crippen LogP contribution in [0.3, 0.4) is 0 Å². The van der Waals surface area contributed by atoms with Crippen molar-refractivity contribution in [2.45, 2.75) is 70.0 Å². The van der Waals surface area contributed by atoms with Crippen LogP contribution < -0.4 is 4.74 Å². The number of para-hydroxylation sites is 1. The number of rotatable bonds is 2. The fourth-order valence-corrected chi connectivity index (χ4v) is 4.04. The zero-order valence-electron chi connectivity index (χ0n) is 12.5. The van der Waals surface area contributed by atoms with Crippen LogP contribution in [0.25, 0.3) is 0 Å². The van der Waals surface area contributed by atoms with E-state index in [-0.39, 0.29) is 11.7 Å². The minimum absolute atomic E-state index is 0.115. The lowest BCUT2D eigenvalue weighted by Crippen LogP contribution is -2.40. The van der Waals surface area contributed by atoms with Gasteiger partial charge in [0, 0.05) is 12.0 Å². The van der Waals surface area contributed by atoms with Gasteiger partial charge < -0.3 is 9.84 Å². The molecule has 0 radical (unpaired) electrons. The first-order valence-corrected chi connectivity index (χ1v) is 8.18. The summed E-state index contributed by atoms with van der Waals surface area (Å²) in [7, 11) is 0. The van der Waals surface area contributed by atoms with Gasteiger partial charge >= 0.3 is 0 Å². The Morgan fingerprint density at radius 1 is 1.25 bits per heavy atom. The van der Waals surface area contributed by atoms with Gasteiger partial charge in [0.25, 0.3) is 0 Å². The smallest absolute Gasteiger partial charge is 0.125 e. The molecular weight excluding hydrogens is 248 g/mol. The molecule has 2 aliphatic rings. The summed E-state index contributed by atoms with van der Waals surface area (Å²) in [5.74, 6) is 1.76. The zero-order chi connectivity index (χ0) is 14.0. The number of aliphatic hydroxyl groups is 1. The highest BCUT2D eigenvalue weighted by Crippen LogP contribution is 2.46. The third-order valence-corrected chi connectivity index (χ3v) is 5.12. The van der Waals surface area contributed by atoms with Crippen molar-refractivity contribution in [2.24, 2.45) is 5.92 Å². The highest BCUT2D eigenvalue weighted by molar-refractivity contribution is 5.38. The molecule has 0 aromatic heterocycles. The normalized spacial score (nSPS) is 33.3. The van der Waals surface area contributed by atoms with E-state index in [1.807, 2.05) is 24.3 Å². The lowest BCUT2D eigenvalue weighted by molar-refractivity contribution is -0.0251. The van der Waals surface area contributed by atoms with E-state index in [0.29, 0.717) is 0 Å². The van der Waals surface area contributed by atoms with Gasteiger partial charge in [-0.15, -0.1) is 0 Å². The summed E-state index contributed by atoms with van der Waals surface area (Å²) in [6, 6.07) is 7.98. The molecule has 1 aliphatic heterocycles. The van der Waals surface area contributed by atoms with Gasteiger partial charge in [0.15, 0.2) is 0 Å². The lowest BCUT2D eigenvalue weighted by Gasteiger charge is -2.40. The van der Waals surface area contributed by atoms with Gasteiger partial charge in [-0.05, 0) is 37.7 Å². The predicted molar refractivity (Wildman–Crippen MR) is 80.9 cm³/mol. The molecule has 1 saturated carbocycles. The number of hydrogen-bond acceptors (Lipinski definition) is 2. The SMILES string of the molecule is CCCC1CCCC2(CC1)C[C@H](O)c1ccccc1O2. The van der Waals surface area contributed by atoms with Crippen molar-refractivity contribution in [3.8, 4) is 5.75 Å². The summed E-state index contributed by atoms with van der Waals surface area (Å²) in [5, 5.41) is 10.5. The predicted octanol–water partition coefficient (Wildman–Crippen LogP) is 4.62. The van der Waals surface area contributed by atoms with Crippen molar-refractivity contribution >= 4 is 0 Å². The van der Waals surface area contributed by atoms with Crippen LogP contribution >= 0.6 is 0 Å². The Morgan fingerprint density at radius 3 is 2.95 bits per heavy atom. The Balaban J connectivity index is 1.77. The van der Waals surface area contributed by atoms with Crippen LogP contribution in [0.15, 0.2) is 24.3 Å². The molecule has 2 unspecified atom stereocenters. The van der Waals surface area contributed by atoms with E-state index in [2.05, 4.69) is 6.92 Å². The molecule has 0 amide bonds. The van der Waals surface area contributed by atoms with Crippen molar-refractivity contribution < 1.29 is 9.84 Å². The molecule has 3 rings (SSSR count). The molecule has 2 heteroatoms. The Kier molecular flexibility index (Phi) is 4.02. The third kappa shape index (κ3) is 2.71. The molecule has 3 atom stereocenters. The summed E-state index contributed by atoms with van der Waals surface area (Å²) in [6.07, 6.45) is 9.05. The molecule has 0 saturated heterocycles. The van der Waals surface area contributed by atoms with Gasteiger partial charge in [0.2, 0.25) is 0 Å². The molecule has 1 aromatic rings. The van der Waals surface area contributed by atoms with E-state index < -0.39 is 0 Å². The lowest BCUT2D eigenvalue weighted by atomic mass is 9.83. The molecular formula is C18H26O2. The first-order valence-electron chi connectivity index (χ1n) is 8.18. The van der Waals surface area contributed by atoms with Gasteiger partial charge in [-0.3, -0.25) is 0 Å². The molecule has 110 valence electrons. The summed E-state index contributed by atoms with van der Waals surface area (Å²) in [5.41, 5.74) is 0.850.